The number of ketones is 1. The Morgan fingerprint density at radius 3 is 1.86 bits per heavy atom. The Balaban J connectivity index is 3.10. The zero-order chi connectivity index (χ0) is 15.9. The van der Waals surface area contributed by atoms with Crippen molar-refractivity contribution in [3.05, 3.63) is 50.7 Å². The number of Topliss-reactive ketones (excluding diaryl/α,β-unsaturated/α-hetero) is 1. The number of carbonyl (C=O) groups is 1. The van der Waals surface area contributed by atoms with Crippen molar-refractivity contribution in [2.45, 2.75) is 27.7 Å². The number of nitriles is 2. The van der Waals surface area contributed by atoms with Gasteiger partial charge in [-0.15, -0.1) is 0 Å². The van der Waals surface area contributed by atoms with Gasteiger partial charge in [-0.05, 0) is 55.5 Å². The Labute approximate surface area is 123 Å². The fourth-order valence-electron chi connectivity index (χ4n) is 2.85. The largest absolute Gasteiger partial charge is 0.404 e. The molecule has 0 unspecified atom stereocenters. The van der Waals surface area contributed by atoms with Gasteiger partial charge in [0.05, 0.1) is 0 Å². The van der Waals surface area contributed by atoms with Crippen molar-refractivity contribution in [1.29, 1.82) is 10.5 Å². The Bertz CT molecular complexity index is 811. The van der Waals surface area contributed by atoms with Gasteiger partial charge in [-0.2, -0.15) is 10.5 Å². The predicted molar refractivity (Wildman–Crippen MR) is 80.1 cm³/mol. The van der Waals surface area contributed by atoms with Crippen LogP contribution in [0.2, 0.25) is 0 Å². The van der Waals surface area contributed by atoms with Crippen molar-refractivity contribution in [3.8, 4) is 12.1 Å². The highest BCUT2D eigenvalue weighted by Crippen LogP contribution is 2.43. The molecule has 0 saturated carbocycles. The lowest BCUT2D eigenvalue weighted by molar-refractivity contribution is 0.104. The molecule has 0 saturated heterocycles. The minimum Gasteiger partial charge on any atom is -0.404 e. The molecule has 0 spiro atoms. The second-order valence-corrected chi connectivity index (χ2v) is 5.13. The van der Waals surface area contributed by atoms with Crippen LogP contribution in [0.1, 0.15) is 38.2 Å². The maximum absolute atomic E-state index is 12.6. The monoisotopic (exact) mass is 277 g/mol. The molecule has 1 aromatic carbocycles. The topological polar surface area (TPSA) is 90.7 Å². The third-order valence-corrected chi connectivity index (χ3v) is 4.32. The molecule has 0 fully saturated rings. The standard InChI is InChI=1S/C17H15N3O/c1-8-9(2)11(4)15-14(10(8)3)16(12(5-18)6-19)13(7-20)17(15)21/h7H,20H2,1-4H3/b13-7+. The van der Waals surface area contributed by atoms with Crippen molar-refractivity contribution < 1.29 is 4.79 Å². The molecule has 0 radical (unpaired) electrons. The van der Waals surface area contributed by atoms with Crippen molar-refractivity contribution >= 4 is 11.4 Å². The summed E-state index contributed by atoms with van der Waals surface area (Å²) in [6, 6.07) is 3.74. The molecule has 0 aromatic heterocycles. The van der Waals surface area contributed by atoms with Crippen LogP contribution in [-0.2, 0) is 0 Å². The van der Waals surface area contributed by atoms with Crippen LogP contribution in [-0.4, -0.2) is 5.78 Å². The summed E-state index contributed by atoms with van der Waals surface area (Å²) in [6.07, 6.45) is 1.19. The fourth-order valence-corrected chi connectivity index (χ4v) is 2.85. The van der Waals surface area contributed by atoms with E-state index in [-0.39, 0.29) is 16.9 Å². The molecule has 0 atom stereocenters. The lowest BCUT2D eigenvalue weighted by atomic mass is 9.88. The first kappa shape index (κ1) is 14.6. The number of fused-ring (bicyclic) bond motifs is 1. The summed E-state index contributed by atoms with van der Waals surface area (Å²) in [4.78, 5) is 12.6. The highest BCUT2D eigenvalue weighted by atomic mass is 16.1. The van der Waals surface area contributed by atoms with Gasteiger partial charge in [0, 0.05) is 22.9 Å². The number of allylic oxidation sites excluding steroid dienone is 3. The molecule has 1 aliphatic rings. The molecule has 1 aliphatic carbocycles. The summed E-state index contributed by atoms with van der Waals surface area (Å²) in [5.74, 6) is -0.214. The number of hydrogen-bond acceptors (Lipinski definition) is 4. The quantitative estimate of drug-likeness (QED) is 0.583. The van der Waals surface area contributed by atoms with E-state index in [4.69, 9.17) is 5.73 Å². The van der Waals surface area contributed by atoms with E-state index in [1.54, 1.807) is 0 Å². The summed E-state index contributed by atoms with van der Waals surface area (Å²) in [7, 11) is 0. The molecule has 4 nitrogen and oxygen atoms in total. The SMILES string of the molecule is Cc1c(C)c(C)c2c(c1C)C(=O)/C(=C/N)C2=C(C#N)C#N. The molecule has 0 bridgehead atoms. The van der Waals surface area contributed by atoms with E-state index in [1.807, 2.05) is 39.8 Å². The zero-order valence-electron chi connectivity index (χ0n) is 12.5. The second-order valence-electron chi connectivity index (χ2n) is 5.13. The Hall–Kier alpha value is -2.85. The van der Waals surface area contributed by atoms with Crippen LogP contribution in [0.25, 0.3) is 5.57 Å². The molecule has 104 valence electrons. The summed E-state index contributed by atoms with van der Waals surface area (Å²) in [6.45, 7) is 7.73. The van der Waals surface area contributed by atoms with E-state index in [9.17, 15) is 15.3 Å². The molecule has 21 heavy (non-hydrogen) atoms. The van der Waals surface area contributed by atoms with E-state index < -0.39 is 0 Å². The first-order valence-corrected chi connectivity index (χ1v) is 6.52. The first-order chi connectivity index (χ1) is 9.90. The summed E-state index contributed by atoms with van der Waals surface area (Å²) >= 11 is 0. The Kier molecular flexibility index (Phi) is 3.41. The van der Waals surface area contributed by atoms with Crippen molar-refractivity contribution in [2.24, 2.45) is 5.73 Å². The lowest BCUT2D eigenvalue weighted by Crippen LogP contribution is -2.04. The van der Waals surface area contributed by atoms with Crippen LogP contribution in [0.5, 0.6) is 0 Å². The van der Waals surface area contributed by atoms with Gasteiger partial charge in [0.1, 0.15) is 17.7 Å². The van der Waals surface area contributed by atoms with E-state index in [0.29, 0.717) is 16.7 Å². The second kappa shape index (κ2) is 4.92. The van der Waals surface area contributed by atoms with Gasteiger partial charge in [0.15, 0.2) is 5.78 Å². The van der Waals surface area contributed by atoms with Gasteiger partial charge in [0.25, 0.3) is 0 Å². The van der Waals surface area contributed by atoms with Crippen molar-refractivity contribution in [3.63, 3.8) is 0 Å². The van der Waals surface area contributed by atoms with Gasteiger partial charge < -0.3 is 5.73 Å². The third-order valence-electron chi connectivity index (χ3n) is 4.32. The van der Waals surface area contributed by atoms with E-state index >= 15 is 0 Å². The molecule has 2 rings (SSSR count). The minimum atomic E-state index is -0.214. The zero-order valence-corrected chi connectivity index (χ0v) is 12.5. The van der Waals surface area contributed by atoms with Gasteiger partial charge >= 0.3 is 0 Å². The van der Waals surface area contributed by atoms with Crippen LogP contribution >= 0.6 is 0 Å². The summed E-state index contributed by atoms with van der Waals surface area (Å²) < 4.78 is 0. The smallest absolute Gasteiger partial charge is 0.196 e. The minimum absolute atomic E-state index is 0.0791. The van der Waals surface area contributed by atoms with Crippen LogP contribution in [0, 0.1) is 50.4 Å². The maximum Gasteiger partial charge on any atom is 0.196 e. The van der Waals surface area contributed by atoms with Crippen molar-refractivity contribution in [2.75, 3.05) is 0 Å². The average Bonchev–Trinajstić information content (AvgIpc) is 2.77. The highest BCUT2D eigenvalue weighted by molar-refractivity contribution is 6.28. The van der Waals surface area contributed by atoms with E-state index in [0.717, 1.165) is 22.3 Å². The summed E-state index contributed by atoms with van der Waals surface area (Å²) in [5.41, 5.74) is 11.2. The van der Waals surface area contributed by atoms with Crippen LogP contribution in [0.4, 0.5) is 0 Å². The molecule has 2 N–H and O–H groups in total. The maximum atomic E-state index is 12.6. The van der Waals surface area contributed by atoms with Gasteiger partial charge in [-0.25, -0.2) is 0 Å². The van der Waals surface area contributed by atoms with Crippen LogP contribution in [0.15, 0.2) is 17.3 Å². The molecule has 0 heterocycles. The number of nitrogens with two attached hydrogens (primary N) is 1. The third kappa shape index (κ3) is 1.77. The Morgan fingerprint density at radius 2 is 1.43 bits per heavy atom. The Morgan fingerprint density at radius 1 is 0.952 bits per heavy atom. The molecule has 4 heteroatoms. The average molecular weight is 277 g/mol. The molecular formula is C17H15N3O. The molecule has 1 aromatic rings. The normalized spacial score (nSPS) is 14.9. The number of rotatable bonds is 0. The fraction of sp³-hybridized carbons (Fsp3) is 0.235. The number of nitrogens with zero attached hydrogens (tertiary/aromatic N) is 2. The van der Waals surface area contributed by atoms with E-state index in [1.165, 1.54) is 6.20 Å². The first-order valence-electron chi connectivity index (χ1n) is 6.52. The van der Waals surface area contributed by atoms with Crippen LogP contribution in [0.3, 0.4) is 0 Å². The van der Waals surface area contributed by atoms with Gasteiger partial charge in [-0.3, -0.25) is 4.79 Å². The molecule has 0 amide bonds. The van der Waals surface area contributed by atoms with Crippen LogP contribution < -0.4 is 5.73 Å². The lowest BCUT2D eigenvalue weighted by Gasteiger charge is -2.15. The number of benzene rings is 1. The van der Waals surface area contributed by atoms with Gasteiger partial charge in [-0.1, -0.05) is 0 Å². The molecular weight excluding hydrogens is 262 g/mol. The molecule has 0 aliphatic heterocycles. The predicted octanol–water partition coefficient (Wildman–Crippen LogP) is 2.76. The number of carbonyl (C=O) groups excluding carboxylic acids is 1. The van der Waals surface area contributed by atoms with Gasteiger partial charge in [0.2, 0.25) is 0 Å². The summed E-state index contributed by atoms with van der Waals surface area (Å²) in [5, 5.41) is 18.4. The van der Waals surface area contributed by atoms with E-state index in [2.05, 4.69) is 0 Å². The number of hydrogen-bond donors (Lipinski definition) is 1. The van der Waals surface area contributed by atoms with Crippen molar-refractivity contribution in [1.82, 2.24) is 0 Å². The highest BCUT2D eigenvalue weighted by Gasteiger charge is 2.36.